The molecule has 15 heavy (non-hydrogen) atoms. The summed E-state index contributed by atoms with van der Waals surface area (Å²) in [6.07, 6.45) is -0.217. The van der Waals surface area contributed by atoms with Gasteiger partial charge in [0.25, 0.3) is 5.89 Å². The first kappa shape index (κ1) is 12.1. The summed E-state index contributed by atoms with van der Waals surface area (Å²) in [5.41, 5.74) is 5.79. The highest BCUT2D eigenvalue weighted by atomic mass is 16.5. The molecular weight excluding hydrogens is 198 g/mol. The lowest BCUT2D eigenvalue weighted by molar-refractivity contribution is 0.0886. The summed E-state index contributed by atoms with van der Waals surface area (Å²) in [4.78, 5) is 4.13. The van der Waals surface area contributed by atoms with Crippen LogP contribution in [-0.4, -0.2) is 30.5 Å². The number of methoxy groups -OCH3 is 1. The van der Waals surface area contributed by atoms with Crippen LogP contribution in [0.25, 0.3) is 0 Å². The van der Waals surface area contributed by atoms with Gasteiger partial charge in [-0.05, 0) is 13.8 Å². The summed E-state index contributed by atoms with van der Waals surface area (Å²) in [6, 6.07) is -0.355. The predicted octanol–water partition coefficient (Wildman–Crippen LogP) is 0.813. The van der Waals surface area contributed by atoms with Crippen molar-refractivity contribution in [1.82, 2.24) is 10.1 Å². The number of aromatic nitrogens is 2. The lowest BCUT2D eigenvalue weighted by atomic mass is 10.3. The third-order valence-corrected chi connectivity index (χ3v) is 1.99. The molecule has 0 spiro atoms. The van der Waals surface area contributed by atoms with Gasteiger partial charge in [0.2, 0.25) is 0 Å². The van der Waals surface area contributed by atoms with E-state index in [1.807, 2.05) is 13.8 Å². The fourth-order valence-electron chi connectivity index (χ4n) is 0.983. The minimum atomic E-state index is -0.355. The number of hydrogen-bond donors (Lipinski definition) is 1. The minimum absolute atomic E-state index is 0.217. The molecule has 1 rings (SSSR count). The van der Waals surface area contributed by atoms with Crippen LogP contribution in [0.5, 0.6) is 0 Å². The van der Waals surface area contributed by atoms with Crippen LogP contribution in [0.15, 0.2) is 4.52 Å². The molecule has 2 unspecified atom stereocenters. The second kappa shape index (κ2) is 5.79. The number of nitrogens with two attached hydrogens (primary N) is 1. The van der Waals surface area contributed by atoms with E-state index in [2.05, 4.69) is 10.1 Å². The summed E-state index contributed by atoms with van der Waals surface area (Å²) < 4.78 is 15.2. The van der Waals surface area contributed by atoms with E-state index in [-0.39, 0.29) is 12.1 Å². The Kier molecular flexibility index (Phi) is 4.67. The van der Waals surface area contributed by atoms with Gasteiger partial charge in [-0.25, -0.2) is 0 Å². The maximum atomic E-state index is 5.79. The van der Waals surface area contributed by atoms with Gasteiger partial charge in [-0.2, -0.15) is 4.98 Å². The third-order valence-electron chi connectivity index (χ3n) is 1.99. The van der Waals surface area contributed by atoms with Gasteiger partial charge in [0.15, 0.2) is 5.82 Å². The lowest BCUT2D eigenvalue weighted by Gasteiger charge is -2.05. The third kappa shape index (κ3) is 3.26. The topological polar surface area (TPSA) is 83.4 Å². The second-order valence-electron chi connectivity index (χ2n) is 3.13. The highest BCUT2D eigenvalue weighted by molar-refractivity contribution is 4.94. The minimum Gasteiger partial charge on any atom is -0.380 e. The van der Waals surface area contributed by atoms with Crippen LogP contribution in [0.4, 0.5) is 0 Å². The molecule has 0 fully saturated rings. The summed E-state index contributed by atoms with van der Waals surface area (Å²) >= 11 is 0. The molecule has 1 heterocycles. The van der Waals surface area contributed by atoms with Crippen LogP contribution in [0, 0.1) is 0 Å². The van der Waals surface area contributed by atoms with Crippen molar-refractivity contribution < 1.29 is 14.0 Å². The fraction of sp³-hybridized carbons (Fsp3) is 0.778. The molecule has 0 amide bonds. The van der Waals surface area contributed by atoms with Crippen molar-refractivity contribution in [3.8, 4) is 0 Å². The average Bonchev–Trinajstić information content (AvgIpc) is 2.74. The Morgan fingerprint density at radius 1 is 1.53 bits per heavy atom. The summed E-state index contributed by atoms with van der Waals surface area (Å²) in [5.74, 6) is 0.877. The van der Waals surface area contributed by atoms with Crippen LogP contribution in [0.1, 0.15) is 37.7 Å². The van der Waals surface area contributed by atoms with Crippen LogP contribution in [0.3, 0.4) is 0 Å². The van der Waals surface area contributed by atoms with Crippen LogP contribution in [0.2, 0.25) is 0 Å². The predicted molar refractivity (Wildman–Crippen MR) is 53.1 cm³/mol. The Morgan fingerprint density at radius 2 is 2.27 bits per heavy atom. The van der Waals surface area contributed by atoms with Crippen molar-refractivity contribution >= 4 is 0 Å². The normalized spacial score (nSPS) is 15.2. The molecule has 0 saturated heterocycles. The zero-order valence-electron chi connectivity index (χ0n) is 9.27. The first-order valence-corrected chi connectivity index (χ1v) is 4.88. The van der Waals surface area contributed by atoms with E-state index in [9.17, 15) is 0 Å². The number of ether oxygens (including phenoxy) is 2. The van der Waals surface area contributed by atoms with Crippen LogP contribution < -0.4 is 5.73 Å². The van der Waals surface area contributed by atoms with Gasteiger partial charge in [-0.3, -0.25) is 0 Å². The Hall–Kier alpha value is -0.980. The summed E-state index contributed by atoms with van der Waals surface area (Å²) in [5, 5.41) is 3.77. The van der Waals surface area contributed by atoms with E-state index in [0.717, 1.165) is 0 Å². The zero-order valence-corrected chi connectivity index (χ0v) is 9.27. The van der Waals surface area contributed by atoms with Crippen molar-refractivity contribution in [2.45, 2.75) is 26.0 Å². The van der Waals surface area contributed by atoms with Gasteiger partial charge in [0.05, 0.1) is 12.6 Å². The smallest absolute Gasteiger partial charge is 0.255 e. The number of nitrogens with zero attached hydrogens (tertiary/aromatic N) is 2. The molecule has 0 aliphatic heterocycles. The molecule has 1 aromatic rings. The molecule has 1 aromatic heterocycles. The fourth-order valence-corrected chi connectivity index (χ4v) is 0.983. The van der Waals surface area contributed by atoms with Crippen molar-refractivity contribution in [1.29, 1.82) is 0 Å². The second-order valence-corrected chi connectivity index (χ2v) is 3.13. The summed E-state index contributed by atoms with van der Waals surface area (Å²) in [7, 11) is 1.58. The molecule has 0 saturated carbocycles. The van der Waals surface area contributed by atoms with Crippen molar-refractivity contribution in [3.05, 3.63) is 11.7 Å². The monoisotopic (exact) mass is 215 g/mol. The quantitative estimate of drug-likeness (QED) is 0.756. The zero-order chi connectivity index (χ0) is 11.3. The Balaban J connectivity index is 2.58. The standard InChI is InChI=1S/C9H17N3O3/c1-4-14-5-7(10)8-11-9(15-12-8)6(2)13-3/h6-7H,4-5,10H2,1-3H3. The molecule has 2 atom stereocenters. The van der Waals surface area contributed by atoms with Crippen LogP contribution in [-0.2, 0) is 9.47 Å². The van der Waals surface area contributed by atoms with E-state index in [0.29, 0.717) is 24.9 Å². The van der Waals surface area contributed by atoms with Crippen molar-refractivity contribution in [3.63, 3.8) is 0 Å². The van der Waals surface area contributed by atoms with Gasteiger partial charge in [-0.1, -0.05) is 5.16 Å². The largest absolute Gasteiger partial charge is 0.380 e. The van der Waals surface area contributed by atoms with Gasteiger partial charge >= 0.3 is 0 Å². The molecule has 6 heteroatoms. The molecule has 2 N–H and O–H groups in total. The van der Waals surface area contributed by atoms with Crippen LogP contribution >= 0.6 is 0 Å². The van der Waals surface area contributed by atoms with Gasteiger partial charge in [0.1, 0.15) is 6.10 Å². The average molecular weight is 215 g/mol. The highest BCUT2D eigenvalue weighted by Gasteiger charge is 2.17. The SMILES string of the molecule is CCOCC(N)c1noc(C(C)OC)n1. The molecule has 86 valence electrons. The van der Waals surface area contributed by atoms with E-state index in [1.54, 1.807) is 7.11 Å². The van der Waals surface area contributed by atoms with Gasteiger partial charge in [-0.15, -0.1) is 0 Å². The van der Waals surface area contributed by atoms with E-state index >= 15 is 0 Å². The lowest BCUT2D eigenvalue weighted by Crippen LogP contribution is -2.18. The van der Waals surface area contributed by atoms with Gasteiger partial charge < -0.3 is 19.7 Å². The molecule has 0 bridgehead atoms. The van der Waals surface area contributed by atoms with Gasteiger partial charge in [0, 0.05) is 13.7 Å². The Morgan fingerprint density at radius 3 is 2.87 bits per heavy atom. The first-order valence-electron chi connectivity index (χ1n) is 4.88. The Labute approximate surface area is 88.7 Å². The maximum absolute atomic E-state index is 5.79. The number of rotatable bonds is 6. The van der Waals surface area contributed by atoms with E-state index in [4.69, 9.17) is 19.7 Å². The highest BCUT2D eigenvalue weighted by Crippen LogP contribution is 2.15. The molecule has 0 radical (unpaired) electrons. The first-order chi connectivity index (χ1) is 7.19. The van der Waals surface area contributed by atoms with E-state index < -0.39 is 0 Å². The Bertz CT molecular complexity index is 290. The van der Waals surface area contributed by atoms with Crippen molar-refractivity contribution in [2.75, 3.05) is 20.3 Å². The molecular formula is C9H17N3O3. The molecule has 0 aliphatic carbocycles. The molecule has 0 aromatic carbocycles. The maximum Gasteiger partial charge on any atom is 0.255 e. The molecule has 0 aliphatic rings. The summed E-state index contributed by atoms with van der Waals surface area (Å²) in [6.45, 7) is 4.73. The number of hydrogen-bond acceptors (Lipinski definition) is 6. The molecule has 6 nitrogen and oxygen atoms in total. The van der Waals surface area contributed by atoms with Crippen molar-refractivity contribution in [2.24, 2.45) is 5.73 Å². The van der Waals surface area contributed by atoms with E-state index in [1.165, 1.54) is 0 Å².